The van der Waals surface area contributed by atoms with E-state index in [1.807, 2.05) is 24.3 Å². The second-order valence-electron chi connectivity index (χ2n) is 6.42. The molecule has 148 valence electrons. The van der Waals surface area contributed by atoms with Crippen molar-refractivity contribution in [2.24, 2.45) is 0 Å². The molecule has 0 unspecified atom stereocenters. The summed E-state index contributed by atoms with van der Waals surface area (Å²) in [4.78, 5) is 33.7. The number of imide groups is 1. The van der Waals surface area contributed by atoms with E-state index < -0.39 is 11.9 Å². The molecule has 4 aromatic rings. The predicted octanol–water partition coefficient (Wildman–Crippen LogP) is 5.06. The molecule has 2 aromatic heterocycles. The molecule has 1 fully saturated rings. The third kappa shape index (κ3) is 3.47. The standard InChI is InChI=1S/C21H13ClN4O3S/c22-12-5-7-13(8-6-12)26-19(27)17(25-21(26)28)11-14-9-10-18(29-14)30-20-23-15-3-1-2-4-16(15)24-20/h1-11H,(H,23,24)(H,25,28)/b17-11+. The van der Waals surface area contributed by atoms with Crippen LogP contribution >= 0.6 is 23.4 Å². The molecule has 0 saturated carbocycles. The maximum Gasteiger partial charge on any atom is 0.333 e. The van der Waals surface area contributed by atoms with Crippen molar-refractivity contribution < 1.29 is 14.0 Å². The van der Waals surface area contributed by atoms with Crippen LogP contribution in [0.1, 0.15) is 5.76 Å². The number of nitrogens with one attached hydrogen (secondary N) is 2. The van der Waals surface area contributed by atoms with Crippen LogP contribution in [0.5, 0.6) is 0 Å². The van der Waals surface area contributed by atoms with E-state index in [0.717, 1.165) is 15.9 Å². The highest BCUT2D eigenvalue weighted by Crippen LogP contribution is 2.30. The van der Waals surface area contributed by atoms with Gasteiger partial charge in [-0.25, -0.2) is 14.7 Å². The van der Waals surface area contributed by atoms with E-state index in [0.29, 0.717) is 26.7 Å². The first-order chi connectivity index (χ1) is 14.6. The molecule has 1 aliphatic rings. The molecule has 7 nitrogen and oxygen atoms in total. The average molecular weight is 437 g/mol. The van der Waals surface area contributed by atoms with E-state index in [4.69, 9.17) is 16.0 Å². The van der Waals surface area contributed by atoms with Crippen molar-refractivity contribution in [3.63, 3.8) is 0 Å². The summed E-state index contributed by atoms with van der Waals surface area (Å²) >= 11 is 7.21. The Balaban J connectivity index is 1.35. The summed E-state index contributed by atoms with van der Waals surface area (Å²) in [6.07, 6.45) is 1.50. The summed E-state index contributed by atoms with van der Waals surface area (Å²) in [6.45, 7) is 0. The average Bonchev–Trinajstić information content (AvgIpc) is 3.41. The van der Waals surface area contributed by atoms with Crippen molar-refractivity contribution in [3.05, 3.63) is 77.1 Å². The third-order valence-corrected chi connectivity index (χ3v) is 5.48. The van der Waals surface area contributed by atoms with Crippen molar-refractivity contribution in [3.8, 4) is 0 Å². The molecule has 3 amide bonds. The van der Waals surface area contributed by atoms with Crippen molar-refractivity contribution in [1.29, 1.82) is 0 Å². The smallest absolute Gasteiger partial charge is 0.333 e. The first-order valence-corrected chi connectivity index (χ1v) is 10.1. The number of aromatic amines is 1. The maximum atomic E-state index is 12.7. The quantitative estimate of drug-likeness (QED) is 0.344. The lowest BCUT2D eigenvalue weighted by Gasteiger charge is -2.11. The largest absolute Gasteiger partial charge is 0.450 e. The molecule has 0 atom stereocenters. The fraction of sp³-hybridized carbons (Fsp3) is 0. The van der Waals surface area contributed by atoms with Gasteiger partial charge in [0, 0.05) is 11.1 Å². The Bertz CT molecular complexity index is 1280. The summed E-state index contributed by atoms with van der Waals surface area (Å²) in [6, 6.07) is 17.2. The van der Waals surface area contributed by atoms with Gasteiger partial charge >= 0.3 is 6.03 Å². The Kier molecular flexibility index (Phi) is 4.57. The zero-order chi connectivity index (χ0) is 20.7. The minimum Gasteiger partial charge on any atom is -0.450 e. The number of benzene rings is 2. The molecule has 2 aromatic carbocycles. The topological polar surface area (TPSA) is 91.2 Å². The number of rotatable bonds is 4. The second-order valence-corrected chi connectivity index (χ2v) is 7.85. The lowest BCUT2D eigenvalue weighted by Crippen LogP contribution is -2.30. The van der Waals surface area contributed by atoms with Gasteiger partial charge in [-0.05, 0) is 60.3 Å². The van der Waals surface area contributed by atoms with Crippen molar-refractivity contribution in [2.75, 3.05) is 4.90 Å². The molecule has 5 rings (SSSR count). The molecule has 30 heavy (non-hydrogen) atoms. The van der Waals surface area contributed by atoms with Crippen LogP contribution in [0.4, 0.5) is 10.5 Å². The number of halogens is 1. The molecular weight excluding hydrogens is 424 g/mol. The monoisotopic (exact) mass is 436 g/mol. The summed E-state index contributed by atoms with van der Waals surface area (Å²) in [7, 11) is 0. The number of H-pyrrole nitrogens is 1. The number of furan rings is 1. The number of carbonyl (C=O) groups excluding carboxylic acids is 2. The van der Waals surface area contributed by atoms with E-state index >= 15 is 0 Å². The van der Waals surface area contributed by atoms with Crippen LogP contribution in [-0.2, 0) is 4.79 Å². The second kappa shape index (κ2) is 7.40. The summed E-state index contributed by atoms with van der Waals surface area (Å²) in [5, 5.41) is 4.39. The van der Waals surface area contributed by atoms with E-state index in [2.05, 4.69) is 15.3 Å². The van der Waals surface area contributed by atoms with Crippen LogP contribution in [0.15, 0.2) is 81.0 Å². The number of amides is 3. The van der Waals surface area contributed by atoms with Gasteiger partial charge in [-0.15, -0.1) is 0 Å². The summed E-state index contributed by atoms with van der Waals surface area (Å²) in [5.41, 5.74) is 2.38. The molecule has 0 aliphatic carbocycles. The Morgan fingerprint density at radius 1 is 1.03 bits per heavy atom. The van der Waals surface area contributed by atoms with Crippen LogP contribution in [0.2, 0.25) is 5.02 Å². The van der Waals surface area contributed by atoms with Gasteiger partial charge in [0.25, 0.3) is 5.91 Å². The van der Waals surface area contributed by atoms with Gasteiger partial charge in [0.2, 0.25) is 0 Å². The zero-order valence-electron chi connectivity index (χ0n) is 15.3. The Morgan fingerprint density at radius 2 is 1.83 bits per heavy atom. The Morgan fingerprint density at radius 3 is 2.63 bits per heavy atom. The molecule has 1 saturated heterocycles. The fourth-order valence-corrected chi connectivity index (χ4v) is 3.94. The number of fused-ring (bicyclic) bond motifs is 1. The Hall–Kier alpha value is -3.49. The van der Waals surface area contributed by atoms with Gasteiger partial charge in [0.1, 0.15) is 11.5 Å². The van der Waals surface area contributed by atoms with Gasteiger partial charge in [0.05, 0.1) is 16.7 Å². The molecule has 2 N–H and O–H groups in total. The number of para-hydroxylation sites is 2. The number of anilines is 1. The van der Waals surface area contributed by atoms with E-state index in [1.165, 1.54) is 17.8 Å². The molecule has 0 bridgehead atoms. The van der Waals surface area contributed by atoms with Gasteiger partial charge < -0.3 is 14.7 Å². The number of hydrogen-bond acceptors (Lipinski definition) is 5. The summed E-state index contributed by atoms with van der Waals surface area (Å²) in [5.74, 6) is -0.0274. The van der Waals surface area contributed by atoms with Gasteiger partial charge in [0.15, 0.2) is 10.2 Å². The van der Waals surface area contributed by atoms with Crippen molar-refractivity contribution >= 4 is 58.1 Å². The number of urea groups is 1. The maximum absolute atomic E-state index is 12.7. The lowest BCUT2D eigenvalue weighted by atomic mass is 10.3. The molecule has 1 aliphatic heterocycles. The molecule has 3 heterocycles. The molecule has 9 heteroatoms. The van der Waals surface area contributed by atoms with E-state index in [9.17, 15) is 9.59 Å². The number of carbonyl (C=O) groups is 2. The highest BCUT2D eigenvalue weighted by atomic mass is 35.5. The number of imidazole rings is 1. The number of nitrogens with zero attached hydrogens (tertiary/aromatic N) is 2. The van der Waals surface area contributed by atoms with Crippen LogP contribution in [0.25, 0.3) is 17.1 Å². The minimum atomic E-state index is -0.531. The SMILES string of the molecule is O=C1N/C(=C/c2ccc(Sc3nc4ccccc4[nH]3)o2)C(=O)N1c1ccc(Cl)cc1. The predicted molar refractivity (Wildman–Crippen MR) is 114 cm³/mol. The van der Waals surface area contributed by atoms with Gasteiger partial charge in [-0.3, -0.25) is 4.79 Å². The van der Waals surface area contributed by atoms with Crippen molar-refractivity contribution in [1.82, 2.24) is 15.3 Å². The minimum absolute atomic E-state index is 0.129. The van der Waals surface area contributed by atoms with E-state index in [-0.39, 0.29) is 5.70 Å². The van der Waals surface area contributed by atoms with E-state index in [1.54, 1.807) is 36.4 Å². The lowest BCUT2D eigenvalue weighted by molar-refractivity contribution is -0.113. The van der Waals surface area contributed by atoms with Crippen LogP contribution in [0.3, 0.4) is 0 Å². The first-order valence-electron chi connectivity index (χ1n) is 8.92. The van der Waals surface area contributed by atoms with Crippen LogP contribution in [0, 0.1) is 0 Å². The highest BCUT2D eigenvalue weighted by molar-refractivity contribution is 7.99. The van der Waals surface area contributed by atoms with Gasteiger partial charge in [-0.1, -0.05) is 23.7 Å². The van der Waals surface area contributed by atoms with Gasteiger partial charge in [-0.2, -0.15) is 0 Å². The Labute approximate surface area is 179 Å². The number of aromatic nitrogens is 2. The fourth-order valence-electron chi connectivity index (χ4n) is 3.04. The molecule has 0 spiro atoms. The van der Waals surface area contributed by atoms with Crippen LogP contribution in [-0.4, -0.2) is 21.9 Å². The van der Waals surface area contributed by atoms with Crippen molar-refractivity contribution in [2.45, 2.75) is 10.2 Å². The van der Waals surface area contributed by atoms with Crippen LogP contribution < -0.4 is 10.2 Å². The molecule has 0 radical (unpaired) electrons. The highest BCUT2D eigenvalue weighted by Gasteiger charge is 2.35. The third-order valence-electron chi connectivity index (χ3n) is 4.42. The normalized spacial score (nSPS) is 15.4. The first kappa shape index (κ1) is 18.5. The molecular formula is C21H13ClN4O3S. The summed E-state index contributed by atoms with van der Waals surface area (Å²) < 4.78 is 5.77. The zero-order valence-corrected chi connectivity index (χ0v) is 16.8. The number of hydrogen-bond donors (Lipinski definition) is 2.